The van der Waals surface area contributed by atoms with Crippen molar-refractivity contribution in [3.63, 3.8) is 0 Å². The largest absolute Gasteiger partial charge is 0.343 e. The first-order chi connectivity index (χ1) is 20.5. The standard InChI is InChI=1S/C33H47ClN6O2/c34-28-12-10-24(11-13-28)18-30(38-31(41)29-19-25-6-4-5-7-26(25)20-36-29)32(42)39-16-14-33(15-17-39,21-40-23-35-22-37-40)27-8-2-1-3-9-27/h10-13,22-23,25-27,29-30,36H,1-9,14-21H2,(H,38,41). The molecule has 228 valence electrons. The molecular weight excluding hydrogens is 548 g/mol. The average Bonchev–Trinajstić information content (AvgIpc) is 3.55. The highest BCUT2D eigenvalue weighted by Crippen LogP contribution is 2.47. The Balaban J connectivity index is 1.15. The molecule has 0 spiro atoms. The van der Waals surface area contributed by atoms with Gasteiger partial charge in [0.15, 0.2) is 0 Å². The van der Waals surface area contributed by atoms with Crippen LogP contribution in [0.1, 0.15) is 82.6 Å². The van der Waals surface area contributed by atoms with Crippen molar-refractivity contribution in [1.82, 2.24) is 30.3 Å². The molecule has 4 aliphatic rings. The molecule has 2 aliphatic heterocycles. The highest BCUT2D eigenvalue weighted by atomic mass is 35.5. The minimum atomic E-state index is -0.595. The third kappa shape index (κ3) is 6.85. The predicted octanol–water partition coefficient (Wildman–Crippen LogP) is 5.02. The van der Waals surface area contributed by atoms with E-state index in [-0.39, 0.29) is 23.3 Å². The number of hydrogen-bond donors (Lipinski definition) is 2. The number of carbonyl (C=O) groups excluding carboxylic acids is 2. The van der Waals surface area contributed by atoms with Crippen LogP contribution in [-0.4, -0.2) is 63.2 Å². The van der Waals surface area contributed by atoms with Crippen molar-refractivity contribution in [2.45, 2.75) is 102 Å². The first kappa shape index (κ1) is 29.6. The molecule has 2 aliphatic carbocycles. The molecule has 2 amide bonds. The summed E-state index contributed by atoms with van der Waals surface area (Å²) in [5, 5.41) is 11.8. The van der Waals surface area contributed by atoms with Gasteiger partial charge in [-0.25, -0.2) is 4.98 Å². The Hall–Kier alpha value is -2.45. The Morgan fingerprint density at radius 3 is 2.43 bits per heavy atom. The number of piperidine rings is 2. The highest BCUT2D eigenvalue weighted by molar-refractivity contribution is 6.30. The van der Waals surface area contributed by atoms with Gasteiger partial charge >= 0.3 is 0 Å². The smallest absolute Gasteiger partial charge is 0.245 e. The fraction of sp³-hybridized carbons (Fsp3) is 0.697. The van der Waals surface area contributed by atoms with Gasteiger partial charge in [-0.3, -0.25) is 14.3 Å². The van der Waals surface area contributed by atoms with E-state index in [1.165, 1.54) is 57.8 Å². The van der Waals surface area contributed by atoms with Crippen LogP contribution in [0.3, 0.4) is 0 Å². The number of fused-ring (bicyclic) bond motifs is 1. The fourth-order valence-corrected chi connectivity index (χ4v) is 8.64. The van der Waals surface area contributed by atoms with Crippen molar-refractivity contribution in [2.24, 2.45) is 23.2 Å². The molecule has 6 rings (SSSR count). The Morgan fingerprint density at radius 2 is 1.71 bits per heavy atom. The summed E-state index contributed by atoms with van der Waals surface area (Å²) in [6.07, 6.45) is 18.2. The first-order valence-corrected chi connectivity index (χ1v) is 16.8. The van der Waals surface area contributed by atoms with Crippen LogP contribution in [0.2, 0.25) is 5.02 Å². The second kappa shape index (κ2) is 13.5. The molecule has 4 fully saturated rings. The van der Waals surface area contributed by atoms with E-state index in [4.69, 9.17) is 11.6 Å². The summed E-state index contributed by atoms with van der Waals surface area (Å²) in [4.78, 5) is 34.0. The summed E-state index contributed by atoms with van der Waals surface area (Å²) in [6.45, 7) is 3.19. The van der Waals surface area contributed by atoms with E-state index in [0.717, 1.165) is 37.9 Å². The van der Waals surface area contributed by atoms with Crippen LogP contribution in [0.4, 0.5) is 0 Å². The molecule has 2 aromatic rings. The molecule has 0 bridgehead atoms. The lowest BCUT2D eigenvalue weighted by Gasteiger charge is -2.48. The Labute approximate surface area is 255 Å². The van der Waals surface area contributed by atoms with E-state index in [1.54, 1.807) is 6.33 Å². The normalized spacial score (nSPS) is 27.2. The molecule has 2 saturated carbocycles. The molecule has 0 radical (unpaired) electrons. The maximum atomic E-state index is 14.2. The molecule has 1 aromatic carbocycles. The lowest BCUT2D eigenvalue weighted by Crippen LogP contribution is -2.58. The van der Waals surface area contributed by atoms with Gasteiger partial charge in [0.25, 0.3) is 0 Å². The lowest BCUT2D eigenvalue weighted by atomic mass is 9.63. The molecule has 4 unspecified atom stereocenters. The third-order valence-electron chi connectivity index (χ3n) is 11.0. The first-order valence-electron chi connectivity index (χ1n) is 16.4. The fourth-order valence-electron chi connectivity index (χ4n) is 8.51. The molecule has 1 aromatic heterocycles. The van der Waals surface area contributed by atoms with E-state index in [1.807, 2.05) is 40.2 Å². The van der Waals surface area contributed by atoms with Gasteiger partial charge in [0, 0.05) is 31.1 Å². The SMILES string of the molecule is O=C(NC(Cc1ccc(Cl)cc1)C(=O)N1CCC(Cn2cncn2)(C2CCCCC2)CC1)C1CC2CCCCC2CN1. The van der Waals surface area contributed by atoms with Gasteiger partial charge in [-0.15, -0.1) is 0 Å². The Bertz CT molecular complexity index is 1170. The van der Waals surface area contributed by atoms with Gasteiger partial charge in [0.2, 0.25) is 11.8 Å². The molecule has 42 heavy (non-hydrogen) atoms. The van der Waals surface area contributed by atoms with Gasteiger partial charge < -0.3 is 15.5 Å². The van der Waals surface area contributed by atoms with Gasteiger partial charge in [-0.2, -0.15) is 5.10 Å². The van der Waals surface area contributed by atoms with Gasteiger partial charge in [0.1, 0.15) is 18.7 Å². The monoisotopic (exact) mass is 594 g/mol. The quantitative estimate of drug-likeness (QED) is 0.448. The van der Waals surface area contributed by atoms with Crippen molar-refractivity contribution in [3.05, 3.63) is 47.5 Å². The summed E-state index contributed by atoms with van der Waals surface area (Å²) in [5.41, 5.74) is 1.13. The number of carbonyl (C=O) groups is 2. The molecule has 2 saturated heterocycles. The van der Waals surface area contributed by atoms with Crippen LogP contribution < -0.4 is 10.6 Å². The van der Waals surface area contributed by atoms with Gasteiger partial charge in [0.05, 0.1) is 6.04 Å². The molecule has 8 nitrogen and oxygen atoms in total. The summed E-state index contributed by atoms with van der Waals surface area (Å²) in [6, 6.07) is 6.81. The maximum absolute atomic E-state index is 14.2. The van der Waals surface area contributed by atoms with Crippen molar-refractivity contribution >= 4 is 23.4 Å². The number of aromatic nitrogens is 3. The molecular formula is C33H47ClN6O2. The zero-order valence-corrected chi connectivity index (χ0v) is 25.6. The van der Waals surface area contributed by atoms with E-state index in [2.05, 4.69) is 20.7 Å². The van der Waals surface area contributed by atoms with Gasteiger partial charge in [-0.05, 0) is 85.9 Å². The number of benzene rings is 1. The minimum absolute atomic E-state index is 0.0302. The topological polar surface area (TPSA) is 92.2 Å². The lowest BCUT2D eigenvalue weighted by molar-refractivity contribution is -0.140. The van der Waals surface area contributed by atoms with Crippen molar-refractivity contribution in [2.75, 3.05) is 19.6 Å². The summed E-state index contributed by atoms with van der Waals surface area (Å²) < 4.78 is 1.99. The van der Waals surface area contributed by atoms with Crippen molar-refractivity contribution in [1.29, 1.82) is 0 Å². The number of nitrogens with one attached hydrogen (secondary N) is 2. The summed E-state index contributed by atoms with van der Waals surface area (Å²) in [7, 11) is 0. The Morgan fingerprint density at radius 1 is 1.00 bits per heavy atom. The van der Waals surface area contributed by atoms with E-state index >= 15 is 0 Å². The number of amides is 2. The average molecular weight is 595 g/mol. The second-order valence-corrected chi connectivity index (χ2v) is 13.9. The van der Waals surface area contributed by atoms with Crippen LogP contribution in [0, 0.1) is 23.2 Å². The van der Waals surface area contributed by atoms with Crippen molar-refractivity contribution < 1.29 is 9.59 Å². The van der Waals surface area contributed by atoms with Crippen LogP contribution in [0.5, 0.6) is 0 Å². The zero-order valence-electron chi connectivity index (χ0n) is 24.9. The molecule has 4 atom stereocenters. The zero-order chi connectivity index (χ0) is 28.9. The van der Waals surface area contributed by atoms with Crippen LogP contribution in [0.25, 0.3) is 0 Å². The summed E-state index contributed by atoms with van der Waals surface area (Å²) in [5.74, 6) is 1.94. The predicted molar refractivity (Wildman–Crippen MR) is 164 cm³/mol. The number of nitrogens with zero attached hydrogens (tertiary/aromatic N) is 4. The van der Waals surface area contributed by atoms with Crippen LogP contribution in [0.15, 0.2) is 36.9 Å². The van der Waals surface area contributed by atoms with E-state index in [0.29, 0.717) is 42.3 Å². The van der Waals surface area contributed by atoms with Crippen LogP contribution in [-0.2, 0) is 22.6 Å². The maximum Gasteiger partial charge on any atom is 0.245 e. The molecule has 9 heteroatoms. The number of likely N-dealkylation sites (tertiary alicyclic amines) is 1. The molecule has 2 N–H and O–H groups in total. The van der Waals surface area contributed by atoms with Crippen molar-refractivity contribution in [3.8, 4) is 0 Å². The third-order valence-corrected chi connectivity index (χ3v) is 11.3. The number of halogens is 1. The van der Waals surface area contributed by atoms with Gasteiger partial charge in [-0.1, -0.05) is 62.3 Å². The molecule has 3 heterocycles. The number of rotatable bonds is 8. The second-order valence-electron chi connectivity index (χ2n) is 13.5. The minimum Gasteiger partial charge on any atom is -0.343 e. The van der Waals surface area contributed by atoms with E-state index < -0.39 is 6.04 Å². The van der Waals surface area contributed by atoms with Crippen LogP contribution >= 0.6 is 11.6 Å². The van der Waals surface area contributed by atoms with E-state index in [9.17, 15) is 9.59 Å². The Kier molecular flexibility index (Phi) is 9.49. The number of hydrogen-bond acceptors (Lipinski definition) is 5. The highest BCUT2D eigenvalue weighted by Gasteiger charge is 2.44. The summed E-state index contributed by atoms with van der Waals surface area (Å²) >= 11 is 6.15.